The summed E-state index contributed by atoms with van der Waals surface area (Å²) < 4.78 is 0. The molecular weight excluding hydrogens is 196 g/mol. The van der Waals surface area contributed by atoms with E-state index in [1.54, 1.807) is 17.5 Å². The number of hydrogen-bond donors (Lipinski definition) is 0. The van der Waals surface area contributed by atoms with Crippen LogP contribution < -0.4 is 0 Å². The van der Waals surface area contributed by atoms with Gasteiger partial charge in [-0.1, -0.05) is 0 Å². The Balaban J connectivity index is 2.43. The molecule has 0 N–H and O–H groups in total. The molecule has 0 amide bonds. The lowest BCUT2D eigenvalue weighted by Crippen LogP contribution is -1.90. The minimum atomic E-state index is 0.363. The van der Waals surface area contributed by atoms with E-state index in [2.05, 4.69) is 15.3 Å². The molecule has 2 rings (SSSR count). The van der Waals surface area contributed by atoms with Crippen LogP contribution in [0.4, 0.5) is 0 Å². The highest BCUT2D eigenvalue weighted by Crippen LogP contribution is 2.23. The molecule has 0 aromatic carbocycles. The maximum absolute atomic E-state index is 10.4. The molecule has 2 aromatic rings. The minimum absolute atomic E-state index is 0.363. The Bertz CT molecular complexity index is 447. The third kappa shape index (κ3) is 1.56. The molecule has 0 saturated heterocycles. The van der Waals surface area contributed by atoms with Crippen LogP contribution in [0.25, 0.3) is 11.3 Å². The van der Waals surface area contributed by atoms with Crippen molar-refractivity contribution in [3.8, 4) is 11.3 Å². The van der Waals surface area contributed by atoms with Crippen molar-refractivity contribution in [1.82, 2.24) is 9.97 Å². The fourth-order valence-corrected chi connectivity index (χ4v) is 2.00. The Morgan fingerprint density at radius 1 is 1.29 bits per heavy atom. The van der Waals surface area contributed by atoms with Gasteiger partial charge in [0.1, 0.15) is 5.69 Å². The lowest BCUT2D eigenvalue weighted by atomic mass is 10.2. The quantitative estimate of drug-likeness (QED) is 0.705. The van der Waals surface area contributed by atoms with Crippen molar-refractivity contribution < 1.29 is 4.79 Å². The molecule has 70 valence electrons. The first-order chi connectivity index (χ1) is 6.81. The van der Waals surface area contributed by atoms with Crippen LogP contribution in [0.1, 0.15) is 16.1 Å². The monoisotopic (exact) mass is 204 g/mol. The average Bonchev–Trinajstić information content (AvgIpc) is 2.65. The summed E-state index contributed by atoms with van der Waals surface area (Å²) in [5.41, 5.74) is 3.44. The normalized spacial score (nSPS) is 10.1. The summed E-state index contributed by atoms with van der Waals surface area (Å²) in [6.45, 7) is 2.03. The van der Waals surface area contributed by atoms with Crippen molar-refractivity contribution in [1.29, 1.82) is 0 Å². The third-order valence-electron chi connectivity index (χ3n) is 1.92. The second-order valence-electron chi connectivity index (χ2n) is 2.91. The first-order valence-electron chi connectivity index (χ1n) is 4.11. The Morgan fingerprint density at radius 2 is 2.14 bits per heavy atom. The van der Waals surface area contributed by atoms with Crippen LogP contribution in [0, 0.1) is 6.92 Å². The summed E-state index contributed by atoms with van der Waals surface area (Å²) in [6.07, 6.45) is 3.80. The van der Waals surface area contributed by atoms with E-state index in [1.807, 2.05) is 12.3 Å². The third-order valence-corrected chi connectivity index (χ3v) is 2.79. The summed E-state index contributed by atoms with van der Waals surface area (Å²) in [4.78, 5) is 18.5. The van der Waals surface area contributed by atoms with Gasteiger partial charge in [0.05, 0.1) is 18.1 Å². The molecule has 0 unspecified atom stereocenters. The lowest BCUT2D eigenvalue weighted by Gasteiger charge is -1.97. The van der Waals surface area contributed by atoms with E-state index in [-0.39, 0.29) is 0 Å². The number of aryl methyl sites for hydroxylation is 1. The van der Waals surface area contributed by atoms with Crippen LogP contribution in [0.15, 0.2) is 23.2 Å². The number of aldehydes is 1. The van der Waals surface area contributed by atoms with Crippen molar-refractivity contribution in [3.63, 3.8) is 0 Å². The number of rotatable bonds is 2. The van der Waals surface area contributed by atoms with Gasteiger partial charge in [-0.3, -0.25) is 9.78 Å². The minimum Gasteiger partial charge on any atom is -0.296 e. The van der Waals surface area contributed by atoms with Crippen LogP contribution in [0.5, 0.6) is 0 Å². The standard InChI is InChI=1S/C10H8N2OS/c1-7-5-14-6-9(7)10-3-11-8(4-13)2-12-10/h2-6H,1H3. The molecule has 3 nitrogen and oxygen atoms in total. The highest BCUT2D eigenvalue weighted by molar-refractivity contribution is 7.08. The predicted molar refractivity (Wildman–Crippen MR) is 55.5 cm³/mol. The topological polar surface area (TPSA) is 42.9 Å². The SMILES string of the molecule is Cc1cscc1-c1cnc(C=O)cn1. The maximum Gasteiger partial charge on any atom is 0.170 e. The number of hydrogen-bond acceptors (Lipinski definition) is 4. The number of nitrogens with zero attached hydrogens (tertiary/aromatic N) is 2. The number of thiophene rings is 1. The molecule has 0 aliphatic rings. The fourth-order valence-electron chi connectivity index (χ4n) is 1.16. The van der Waals surface area contributed by atoms with Crippen LogP contribution in [0.2, 0.25) is 0 Å². The van der Waals surface area contributed by atoms with E-state index in [4.69, 9.17) is 0 Å². The summed E-state index contributed by atoms with van der Waals surface area (Å²) in [5.74, 6) is 0. The molecule has 0 aliphatic carbocycles. The molecule has 0 bridgehead atoms. The first kappa shape index (κ1) is 9.02. The van der Waals surface area contributed by atoms with Gasteiger partial charge in [0.2, 0.25) is 0 Å². The van der Waals surface area contributed by atoms with Gasteiger partial charge >= 0.3 is 0 Å². The van der Waals surface area contributed by atoms with Crippen LogP contribution in [-0.2, 0) is 0 Å². The van der Waals surface area contributed by atoms with Gasteiger partial charge in [0.15, 0.2) is 6.29 Å². The Labute approximate surface area is 85.5 Å². The highest BCUT2D eigenvalue weighted by Gasteiger charge is 2.04. The molecule has 0 saturated carbocycles. The first-order valence-corrected chi connectivity index (χ1v) is 5.06. The lowest BCUT2D eigenvalue weighted by molar-refractivity contribution is 0.111. The van der Waals surface area contributed by atoms with Crippen LogP contribution in [0.3, 0.4) is 0 Å². The van der Waals surface area contributed by atoms with Crippen molar-refractivity contribution in [2.24, 2.45) is 0 Å². The molecule has 4 heteroatoms. The number of carbonyl (C=O) groups is 1. The molecule has 0 atom stereocenters. The number of aromatic nitrogens is 2. The molecule has 0 fully saturated rings. The van der Waals surface area contributed by atoms with Crippen molar-refractivity contribution >= 4 is 17.6 Å². The molecule has 0 spiro atoms. The van der Waals surface area contributed by atoms with Crippen LogP contribution in [-0.4, -0.2) is 16.3 Å². The molecule has 14 heavy (non-hydrogen) atoms. The zero-order chi connectivity index (χ0) is 9.97. The summed E-state index contributed by atoms with van der Waals surface area (Å²) in [7, 11) is 0. The van der Waals surface area contributed by atoms with Gasteiger partial charge in [-0.25, -0.2) is 4.98 Å². The predicted octanol–water partition coefficient (Wildman–Crippen LogP) is 2.33. The highest BCUT2D eigenvalue weighted by atomic mass is 32.1. The molecule has 0 aliphatic heterocycles. The van der Waals surface area contributed by atoms with Gasteiger partial charge in [-0.05, 0) is 17.9 Å². The zero-order valence-electron chi connectivity index (χ0n) is 7.60. The van der Waals surface area contributed by atoms with Gasteiger partial charge < -0.3 is 0 Å². The van der Waals surface area contributed by atoms with E-state index < -0.39 is 0 Å². The van der Waals surface area contributed by atoms with Gasteiger partial charge in [0, 0.05) is 10.9 Å². The van der Waals surface area contributed by atoms with Crippen LogP contribution >= 0.6 is 11.3 Å². The molecule has 2 aromatic heterocycles. The largest absolute Gasteiger partial charge is 0.296 e. The Kier molecular flexibility index (Phi) is 2.37. The number of carbonyl (C=O) groups excluding carboxylic acids is 1. The molecule has 0 radical (unpaired) electrons. The van der Waals surface area contributed by atoms with Crippen molar-refractivity contribution in [2.45, 2.75) is 6.92 Å². The average molecular weight is 204 g/mol. The van der Waals surface area contributed by atoms with E-state index in [9.17, 15) is 4.79 Å². The molecular formula is C10H8N2OS. The van der Waals surface area contributed by atoms with Gasteiger partial charge in [-0.15, -0.1) is 0 Å². The van der Waals surface area contributed by atoms with Gasteiger partial charge in [-0.2, -0.15) is 11.3 Å². The summed E-state index contributed by atoms with van der Waals surface area (Å²) in [5, 5.41) is 4.09. The second-order valence-corrected chi connectivity index (χ2v) is 3.66. The van der Waals surface area contributed by atoms with Gasteiger partial charge in [0.25, 0.3) is 0 Å². The smallest absolute Gasteiger partial charge is 0.170 e. The Hall–Kier alpha value is -1.55. The fraction of sp³-hybridized carbons (Fsp3) is 0.100. The van der Waals surface area contributed by atoms with Crippen molar-refractivity contribution in [3.05, 3.63) is 34.4 Å². The zero-order valence-corrected chi connectivity index (χ0v) is 8.41. The van der Waals surface area contributed by atoms with Crippen molar-refractivity contribution in [2.75, 3.05) is 0 Å². The summed E-state index contributed by atoms with van der Waals surface area (Å²) >= 11 is 1.63. The molecule has 2 heterocycles. The van der Waals surface area contributed by atoms with E-state index in [0.29, 0.717) is 12.0 Å². The van der Waals surface area contributed by atoms with E-state index >= 15 is 0 Å². The van der Waals surface area contributed by atoms with E-state index in [0.717, 1.165) is 11.3 Å². The van der Waals surface area contributed by atoms with E-state index in [1.165, 1.54) is 11.8 Å². The second kappa shape index (κ2) is 3.67. The summed E-state index contributed by atoms with van der Waals surface area (Å²) in [6, 6.07) is 0. The Morgan fingerprint density at radius 3 is 2.64 bits per heavy atom. The maximum atomic E-state index is 10.4.